The van der Waals surface area contributed by atoms with E-state index in [1.807, 2.05) is 5.32 Å². The fraction of sp³-hybridized carbons (Fsp3) is 0.385. The van der Waals surface area contributed by atoms with Gasteiger partial charge in [-0.2, -0.15) is 8.78 Å². The van der Waals surface area contributed by atoms with E-state index in [9.17, 15) is 27.2 Å². The van der Waals surface area contributed by atoms with Crippen molar-refractivity contribution < 1.29 is 27.2 Å². The molecule has 21 heavy (non-hydrogen) atoms. The van der Waals surface area contributed by atoms with Gasteiger partial charge in [0.2, 0.25) is 5.91 Å². The second-order valence-electron chi connectivity index (χ2n) is 4.92. The summed E-state index contributed by atoms with van der Waals surface area (Å²) < 4.78 is 52.2. The molecule has 8 heteroatoms. The van der Waals surface area contributed by atoms with Gasteiger partial charge in [-0.3, -0.25) is 9.59 Å². The summed E-state index contributed by atoms with van der Waals surface area (Å²) >= 11 is 0. The maximum Gasteiger partial charge on any atom is 0.321 e. The number of alkyl halides is 2. The summed E-state index contributed by atoms with van der Waals surface area (Å²) in [4.78, 5) is 22.7. The summed E-state index contributed by atoms with van der Waals surface area (Å²) in [6, 6.07) is 0.630. The van der Waals surface area contributed by atoms with Crippen molar-refractivity contribution in [2.75, 3.05) is 0 Å². The zero-order valence-corrected chi connectivity index (χ0v) is 10.9. The fourth-order valence-electron chi connectivity index (χ4n) is 2.15. The molecule has 1 aliphatic heterocycles. The van der Waals surface area contributed by atoms with E-state index in [0.717, 1.165) is 12.1 Å². The van der Waals surface area contributed by atoms with Crippen molar-refractivity contribution in [3.05, 3.63) is 35.4 Å². The molecule has 1 aromatic rings. The molecule has 0 bridgehead atoms. The van der Waals surface area contributed by atoms with Crippen molar-refractivity contribution in [2.24, 2.45) is 0 Å². The summed E-state index contributed by atoms with van der Waals surface area (Å²) in [5, 5.41) is 4.42. The van der Waals surface area contributed by atoms with Crippen LogP contribution in [-0.2, 0) is 9.59 Å². The van der Waals surface area contributed by atoms with Crippen LogP contribution in [0.2, 0.25) is 0 Å². The number of carbonyl (C=O) groups excluding carboxylic acids is 2. The van der Waals surface area contributed by atoms with E-state index in [4.69, 9.17) is 0 Å². The first kappa shape index (κ1) is 15.3. The van der Waals surface area contributed by atoms with Crippen LogP contribution in [0, 0.1) is 11.6 Å². The molecule has 1 fully saturated rings. The number of benzene rings is 1. The number of nitrogens with one attached hydrogen (secondary N) is 2. The molecule has 1 saturated heterocycles. The molecule has 0 spiro atoms. The highest BCUT2D eigenvalue weighted by Crippen LogP contribution is 2.27. The number of halogens is 4. The molecule has 2 amide bonds. The van der Waals surface area contributed by atoms with Crippen LogP contribution >= 0.6 is 0 Å². The summed E-state index contributed by atoms with van der Waals surface area (Å²) in [5.74, 6) is -7.39. The van der Waals surface area contributed by atoms with Crippen molar-refractivity contribution >= 4 is 11.8 Å². The molecule has 2 rings (SSSR count). The third-order valence-electron chi connectivity index (χ3n) is 3.08. The van der Waals surface area contributed by atoms with E-state index in [-0.39, 0.29) is 12.0 Å². The van der Waals surface area contributed by atoms with E-state index >= 15 is 0 Å². The lowest BCUT2D eigenvalue weighted by molar-refractivity contribution is -0.143. The number of hydrogen-bond donors (Lipinski definition) is 2. The maximum atomic E-state index is 13.2. The molecule has 4 nitrogen and oxygen atoms in total. The first-order chi connectivity index (χ1) is 9.66. The molecule has 1 aromatic carbocycles. The standard InChI is InChI=1S/C13H12F4N2O2/c1-13(16,17)12(21)18-9-5-10(20)19-11(9)6-2-7(14)4-8(15)3-6/h2-4,9,11H,5H2,1H3,(H,18,21)(H,19,20)/t9-,11+/m1/s1. The highest BCUT2D eigenvalue weighted by atomic mass is 19.3. The van der Waals surface area contributed by atoms with Crippen molar-refractivity contribution in [1.29, 1.82) is 0 Å². The minimum atomic E-state index is -3.61. The Morgan fingerprint density at radius 2 is 1.86 bits per heavy atom. The van der Waals surface area contributed by atoms with Gasteiger partial charge in [0.25, 0.3) is 5.91 Å². The monoisotopic (exact) mass is 304 g/mol. The minimum absolute atomic E-state index is 0.0584. The Labute approximate surface area is 117 Å². The zero-order chi connectivity index (χ0) is 15.8. The Balaban J connectivity index is 2.24. The molecule has 2 atom stereocenters. The Bertz CT molecular complexity index is 566. The lowest BCUT2D eigenvalue weighted by atomic mass is 10.00. The fourth-order valence-corrected chi connectivity index (χ4v) is 2.15. The normalized spacial score (nSPS) is 22.0. The SMILES string of the molecule is CC(F)(F)C(=O)N[C@@H]1CC(=O)N[C@H]1c1cc(F)cc(F)c1. The maximum absolute atomic E-state index is 13.2. The molecule has 0 radical (unpaired) electrons. The molecule has 0 saturated carbocycles. The summed E-state index contributed by atoms with van der Waals surface area (Å²) in [6.07, 6.45) is -0.245. The lowest BCUT2D eigenvalue weighted by Gasteiger charge is -2.22. The molecule has 2 N–H and O–H groups in total. The summed E-state index contributed by atoms with van der Waals surface area (Å²) in [6.45, 7) is 0.420. The average Bonchev–Trinajstić information content (AvgIpc) is 2.67. The van der Waals surface area contributed by atoms with Gasteiger partial charge < -0.3 is 10.6 Å². The highest BCUT2D eigenvalue weighted by molar-refractivity contribution is 5.86. The number of hydrogen-bond acceptors (Lipinski definition) is 2. The molecular formula is C13H12F4N2O2. The van der Waals surface area contributed by atoms with Crippen LogP contribution in [0.4, 0.5) is 17.6 Å². The van der Waals surface area contributed by atoms with Crippen LogP contribution in [0.5, 0.6) is 0 Å². The zero-order valence-electron chi connectivity index (χ0n) is 10.9. The molecule has 0 unspecified atom stereocenters. The Morgan fingerprint density at radius 3 is 2.38 bits per heavy atom. The Hall–Kier alpha value is -2.12. The molecule has 0 aliphatic carbocycles. The molecule has 1 heterocycles. The number of amides is 2. The van der Waals surface area contributed by atoms with Gasteiger partial charge in [0.05, 0.1) is 12.1 Å². The third kappa shape index (κ3) is 3.50. The molecule has 114 valence electrons. The van der Waals surface area contributed by atoms with Gasteiger partial charge in [-0.15, -0.1) is 0 Å². The van der Waals surface area contributed by atoms with Crippen molar-refractivity contribution in [3.8, 4) is 0 Å². The second kappa shape index (κ2) is 5.34. The van der Waals surface area contributed by atoms with Crippen LogP contribution in [0.25, 0.3) is 0 Å². The van der Waals surface area contributed by atoms with Crippen molar-refractivity contribution in [1.82, 2.24) is 10.6 Å². The summed E-state index contributed by atoms with van der Waals surface area (Å²) in [5.41, 5.74) is 0.0584. The van der Waals surface area contributed by atoms with E-state index in [1.165, 1.54) is 0 Å². The topological polar surface area (TPSA) is 58.2 Å². The first-order valence-electron chi connectivity index (χ1n) is 6.11. The Kier molecular flexibility index (Phi) is 3.89. The van der Waals surface area contributed by atoms with Gasteiger partial charge in [0, 0.05) is 19.4 Å². The van der Waals surface area contributed by atoms with E-state index in [1.54, 1.807) is 0 Å². The van der Waals surface area contributed by atoms with Crippen LogP contribution < -0.4 is 10.6 Å². The Morgan fingerprint density at radius 1 is 1.29 bits per heavy atom. The van der Waals surface area contributed by atoms with Gasteiger partial charge in [-0.1, -0.05) is 0 Å². The van der Waals surface area contributed by atoms with E-state index < -0.39 is 41.5 Å². The number of rotatable bonds is 3. The largest absolute Gasteiger partial charge is 0.347 e. The minimum Gasteiger partial charge on any atom is -0.347 e. The van der Waals surface area contributed by atoms with Gasteiger partial charge in [-0.05, 0) is 17.7 Å². The number of carbonyl (C=O) groups is 2. The van der Waals surface area contributed by atoms with E-state index in [2.05, 4.69) is 5.32 Å². The van der Waals surface area contributed by atoms with Gasteiger partial charge in [0.1, 0.15) is 11.6 Å². The van der Waals surface area contributed by atoms with E-state index in [0.29, 0.717) is 13.0 Å². The quantitative estimate of drug-likeness (QED) is 0.835. The molecule has 0 aromatic heterocycles. The highest BCUT2D eigenvalue weighted by Gasteiger charge is 2.40. The smallest absolute Gasteiger partial charge is 0.321 e. The molecular weight excluding hydrogens is 292 g/mol. The third-order valence-corrected chi connectivity index (χ3v) is 3.08. The predicted molar refractivity (Wildman–Crippen MR) is 64.4 cm³/mol. The van der Waals surface area contributed by atoms with Gasteiger partial charge in [0.15, 0.2) is 0 Å². The van der Waals surface area contributed by atoms with Crippen LogP contribution in [0.15, 0.2) is 18.2 Å². The first-order valence-corrected chi connectivity index (χ1v) is 6.11. The van der Waals surface area contributed by atoms with Gasteiger partial charge in [-0.25, -0.2) is 8.78 Å². The van der Waals surface area contributed by atoms with Crippen LogP contribution in [0.3, 0.4) is 0 Å². The van der Waals surface area contributed by atoms with Crippen molar-refractivity contribution in [3.63, 3.8) is 0 Å². The van der Waals surface area contributed by atoms with Crippen LogP contribution in [-0.4, -0.2) is 23.8 Å². The predicted octanol–water partition coefficient (Wildman–Crippen LogP) is 1.67. The summed E-state index contributed by atoms with van der Waals surface area (Å²) in [7, 11) is 0. The second-order valence-corrected chi connectivity index (χ2v) is 4.92. The average molecular weight is 304 g/mol. The van der Waals surface area contributed by atoms with Gasteiger partial charge >= 0.3 is 5.92 Å². The van der Waals surface area contributed by atoms with Crippen LogP contribution in [0.1, 0.15) is 24.9 Å². The lowest BCUT2D eigenvalue weighted by Crippen LogP contribution is -2.45. The van der Waals surface area contributed by atoms with Crippen molar-refractivity contribution in [2.45, 2.75) is 31.4 Å². The molecule has 1 aliphatic rings.